The summed E-state index contributed by atoms with van der Waals surface area (Å²) in [6.07, 6.45) is 7.11. The molecule has 110 valence electrons. The first-order valence-electron chi connectivity index (χ1n) is 7.79. The van der Waals surface area contributed by atoms with Crippen LogP contribution in [-0.2, 0) is 0 Å². The number of hydrogen-bond acceptors (Lipinski definition) is 2. The predicted octanol–water partition coefficient (Wildman–Crippen LogP) is 3.99. The monoisotopic (exact) mass is 301 g/mol. The van der Waals surface area contributed by atoms with Gasteiger partial charge in [0, 0.05) is 22.7 Å². The van der Waals surface area contributed by atoms with E-state index in [0.717, 1.165) is 11.6 Å². The summed E-state index contributed by atoms with van der Waals surface area (Å²) in [7, 11) is 0. The maximum atomic E-state index is 6.00. The number of rotatable bonds is 4. The number of aromatic nitrogens is 2. The van der Waals surface area contributed by atoms with Crippen molar-refractivity contribution in [3.05, 3.63) is 41.2 Å². The van der Waals surface area contributed by atoms with Gasteiger partial charge in [0.2, 0.25) is 0 Å². The van der Waals surface area contributed by atoms with Crippen molar-refractivity contribution in [1.29, 1.82) is 0 Å². The van der Waals surface area contributed by atoms with E-state index in [1.165, 1.54) is 42.5 Å². The molecule has 2 N–H and O–H groups in total. The summed E-state index contributed by atoms with van der Waals surface area (Å²) in [4.78, 5) is 0. The lowest BCUT2D eigenvalue weighted by Gasteiger charge is -2.34. The quantitative estimate of drug-likeness (QED) is 0.928. The molecule has 4 rings (SSSR count). The lowest BCUT2D eigenvalue weighted by Crippen LogP contribution is -2.32. The average Bonchev–Trinajstić information content (AvgIpc) is 3.20. The van der Waals surface area contributed by atoms with E-state index in [1.807, 2.05) is 12.1 Å². The van der Waals surface area contributed by atoms with Gasteiger partial charge in [-0.3, -0.25) is 4.68 Å². The van der Waals surface area contributed by atoms with Crippen molar-refractivity contribution in [2.75, 3.05) is 6.54 Å². The van der Waals surface area contributed by atoms with Crippen LogP contribution in [0.2, 0.25) is 5.02 Å². The molecule has 0 amide bonds. The SMILES string of the molecule is NCC1CC(n2cc(-c3ccc(Cl)cc3)c(C3CC3)n2)C1. The Kier molecular flexibility index (Phi) is 3.27. The lowest BCUT2D eigenvalue weighted by molar-refractivity contribution is 0.189. The third kappa shape index (κ3) is 2.49. The lowest BCUT2D eigenvalue weighted by atomic mass is 9.80. The molecule has 2 aliphatic carbocycles. The van der Waals surface area contributed by atoms with Gasteiger partial charge in [-0.05, 0) is 55.8 Å². The minimum atomic E-state index is 0.539. The molecule has 21 heavy (non-hydrogen) atoms. The largest absolute Gasteiger partial charge is 0.330 e. The molecule has 2 saturated carbocycles. The van der Waals surface area contributed by atoms with Crippen LogP contribution in [0.25, 0.3) is 11.1 Å². The fraction of sp³-hybridized carbons (Fsp3) is 0.471. The van der Waals surface area contributed by atoms with Crippen LogP contribution in [0.4, 0.5) is 0 Å². The second-order valence-electron chi connectivity index (χ2n) is 6.42. The molecule has 0 radical (unpaired) electrons. The summed E-state index contributed by atoms with van der Waals surface area (Å²) in [5.41, 5.74) is 9.51. The Morgan fingerprint density at radius 1 is 1.19 bits per heavy atom. The molecule has 0 spiro atoms. The second-order valence-corrected chi connectivity index (χ2v) is 6.85. The number of halogens is 1. The van der Waals surface area contributed by atoms with Gasteiger partial charge in [0.05, 0.1) is 11.7 Å². The van der Waals surface area contributed by atoms with Crippen LogP contribution in [0.3, 0.4) is 0 Å². The minimum absolute atomic E-state index is 0.539. The normalized spacial score (nSPS) is 24.9. The van der Waals surface area contributed by atoms with Gasteiger partial charge in [-0.15, -0.1) is 0 Å². The van der Waals surface area contributed by atoms with Crippen molar-refractivity contribution in [2.24, 2.45) is 11.7 Å². The van der Waals surface area contributed by atoms with E-state index in [-0.39, 0.29) is 0 Å². The van der Waals surface area contributed by atoms with Crippen molar-refractivity contribution in [3.8, 4) is 11.1 Å². The smallest absolute Gasteiger partial charge is 0.0733 e. The summed E-state index contributed by atoms with van der Waals surface area (Å²) < 4.78 is 2.18. The zero-order chi connectivity index (χ0) is 14.4. The Morgan fingerprint density at radius 2 is 1.90 bits per heavy atom. The van der Waals surface area contributed by atoms with Gasteiger partial charge in [-0.25, -0.2) is 0 Å². The van der Waals surface area contributed by atoms with Crippen molar-refractivity contribution in [2.45, 2.75) is 37.6 Å². The van der Waals surface area contributed by atoms with Crippen LogP contribution >= 0.6 is 11.6 Å². The second kappa shape index (κ2) is 5.15. The molecule has 2 fully saturated rings. The fourth-order valence-corrected chi connectivity index (χ4v) is 3.34. The van der Waals surface area contributed by atoms with E-state index in [0.29, 0.717) is 17.9 Å². The molecule has 2 aromatic rings. The highest BCUT2D eigenvalue weighted by Crippen LogP contribution is 2.45. The molecule has 0 bridgehead atoms. The Hall–Kier alpha value is -1.32. The van der Waals surface area contributed by atoms with E-state index in [9.17, 15) is 0 Å². The van der Waals surface area contributed by atoms with Gasteiger partial charge in [0.15, 0.2) is 0 Å². The van der Waals surface area contributed by atoms with E-state index < -0.39 is 0 Å². The first-order chi connectivity index (χ1) is 10.2. The highest BCUT2D eigenvalue weighted by atomic mass is 35.5. The highest BCUT2D eigenvalue weighted by Gasteiger charge is 2.34. The molecule has 4 heteroatoms. The number of hydrogen-bond donors (Lipinski definition) is 1. The van der Waals surface area contributed by atoms with Crippen molar-refractivity contribution >= 4 is 11.6 Å². The molecule has 0 unspecified atom stereocenters. The van der Waals surface area contributed by atoms with E-state index in [4.69, 9.17) is 22.4 Å². The van der Waals surface area contributed by atoms with Crippen LogP contribution in [0.1, 0.15) is 43.3 Å². The van der Waals surface area contributed by atoms with E-state index in [1.54, 1.807) is 0 Å². The van der Waals surface area contributed by atoms with Crippen molar-refractivity contribution in [1.82, 2.24) is 9.78 Å². The van der Waals surface area contributed by atoms with Crippen LogP contribution in [0.15, 0.2) is 30.5 Å². The summed E-state index contributed by atoms with van der Waals surface area (Å²) in [5.74, 6) is 1.34. The van der Waals surface area contributed by atoms with Crippen LogP contribution in [-0.4, -0.2) is 16.3 Å². The van der Waals surface area contributed by atoms with E-state index >= 15 is 0 Å². The van der Waals surface area contributed by atoms with Gasteiger partial charge in [0.25, 0.3) is 0 Å². The number of nitrogens with two attached hydrogens (primary N) is 1. The van der Waals surface area contributed by atoms with E-state index in [2.05, 4.69) is 23.0 Å². The highest BCUT2D eigenvalue weighted by molar-refractivity contribution is 6.30. The summed E-state index contributed by atoms with van der Waals surface area (Å²) in [5, 5.41) is 5.69. The third-order valence-corrected chi connectivity index (χ3v) is 5.05. The summed E-state index contributed by atoms with van der Waals surface area (Å²) in [6, 6.07) is 8.65. The molecule has 0 aliphatic heterocycles. The topological polar surface area (TPSA) is 43.8 Å². The minimum Gasteiger partial charge on any atom is -0.330 e. The zero-order valence-corrected chi connectivity index (χ0v) is 12.8. The average molecular weight is 302 g/mol. The standard InChI is InChI=1S/C17H20ClN3/c18-14-5-3-12(4-6-14)16-10-21(15-7-11(8-15)9-19)20-17(16)13-1-2-13/h3-6,10-11,13,15H,1-2,7-9,19H2. The number of benzene rings is 1. The fourth-order valence-electron chi connectivity index (χ4n) is 3.21. The molecule has 0 saturated heterocycles. The first-order valence-corrected chi connectivity index (χ1v) is 8.17. The van der Waals surface area contributed by atoms with Crippen LogP contribution < -0.4 is 5.73 Å². The molecule has 3 nitrogen and oxygen atoms in total. The molecule has 2 aliphatic rings. The molecule has 0 atom stereocenters. The van der Waals surface area contributed by atoms with Crippen LogP contribution in [0.5, 0.6) is 0 Å². The Morgan fingerprint density at radius 3 is 2.52 bits per heavy atom. The Balaban J connectivity index is 1.66. The maximum Gasteiger partial charge on any atom is 0.0733 e. The summed E-state index contributed by atoms with van der Waals surface area (Å²) >= 11 is 6.00. The zero-order valence-electron chi connectivity index (χ0n) is 12.0. The maximum absolute atomic E-state index is 6.00. The first kappa shape index (κ1) is 13.4. The molecule has 1 aromatic heterocycles. The van der Waals surface area contributed by atoms with Gasteiger partial charge in [-0.1, -0.05) is 23.7 Å². The van der Waals surface area contributed by atoms with Gasteiger partial charge < -0.3 is 5.73 Å². The van der Waals surface area contributed by atoms with Crippen molar-refractivity contribution < 1.29 is 0 Å². The van der Waals surface area contributed by atoms with Crippen LogP contribution in [0, 0.1) is 5.92 Å². The van der Waals surface area contributed by atoms with Gasteiger partial charge in [0.1, 0.15) is 0 Å². The molecule has 1 heterocycles. The third-order valence-electron chi connectivity index (χ3n) is 4.80. The molecular weight excluding hydrogens is 282 g/mol. The van der Waals surface area contributed by atoms with Gasteiger partial charge >= 0.3 is 0 Å². The van der Waals surface area contributed by atoms with Gasteiger partial charge in [-0.2, -0.15) is 5.10 Å². The van der Waals surface area contributed by atoms with Crippen molar-refractivity contribution in [3.63, 3.8) is 0 Å². The molecular formula is C17H20ClN3. The Bertz CT molecular complexity index is 637. The molecule has 1 aromatic carbocycles. The number of nitrogens with zero attached hydrogens (tertiary/aromatic N) is 2. The Labute approximate surface area is 130 Å². The summed E-state index contributed by atoms with van der Waals surface area (Å²) in [6.45, 7) is 0.803. The predicted molar refractivity (Wildman–Crippen MR) is 85.5 cm³/mol.